The Balaban J connectivity index is 1.51. The molecule has 2 atom stereocenters. The van der Waals surface area contributed by atoms with E-state index in [9.17, 15) is 0 Å². The molecule has 2 nitrogen and oxygen atoms in total. The summed E-state index contributed by atoms with van der Waals surface area (Å²) in [6.45, 7) is 4.80. The average molecular weight is 222 g/mol. The molecular weight excluding hydrogens is 196 g/mol. The zero-order chi connectivity index (χ0) is 11.0. The molecule has 2 saturated carbocycles. The molecule has 0 aromatic rings. The zero-order valence-corrected chi connectivity index (χ0v) is 10.6. The fourth-order valence-electron chi connectivity index (χ4n) is 4.31. The molecule has 0 aromatic heterocycles. The minimum absolute atomic E-state index is 0.820. The normalized spacial score (nSPS) is 44.1. The molecule has 2 unspecified atom stereocenters. The molecule has 3 rings (SSSR count). The molecule has 1 aliphatic heterocycles. The van der Waals surface area contributed by atoms with Gasteiger partial charge in [0.05, 0.1) is 0 Å². The van der Waals surface area contributed by atoms with Crippen molar-refractivity contribution in [2.45, 2.75) is 70.0 Å². The number of hydrogen-bond donors (Lipinski definition) is 1. The van der Waals surface area contributed by atoms with Crippen LogP contribution in [0.4, 0.5) is 0 Å². The molecule has 3 aliphatic rings. The Morgan fingerprint density at radius 2 is 1.75 bits per heavy atom. The summed E-state index contributed by atoms with van der Waals surface area (Å²) in [6, 6.07) is 2.73. The lowest BCUT2D eigenvalue weighted by atomic mass is 9.89. The SMILES string of the molecule is CCNC1CCC(N2CC3CCC2C3)CC1. The third kappa shape index (κ3) is 2.02. The van der Waals surface area contributed by atoms with Gasteiger partial charge in [-0.05, 0) is 57.4 Å². The van der Waals surface area contributed by atoms with Gasteiger partial charge in [0.1, 0.15) is 0 Å². The summed E-state index contributed by atoms with van der Waals surface area (Å²) in [4.78, 5) is 2.87. The summed E-state index contributed by atoms with van der Waals surface area (Å²) in [6.07, 6.45) is 10.2. The first-order valence-corrected chi connectivity index (χ1v) is 7.36. The topological polar surface area (TPSA) is 15.3 Å². The van der Waals surface area contributed by atoms with Gasteiger partial charge in [-0.3, -0.25) is 4.90 Å². The van der Waals surface area contributed by atoms with Crippen LogP contribution in [0.3, 0.4) is 0 Å². The smallest absolute Gasteiger partial charge is 0.0101 e. The van der Waals surface area contributed by atoms with Crippen molar-refractivity contribution in [3.05, 3.63) is 0 Å². The molecular formula is C14H26N2. The van der Waals surface area contributed by atoms with Gasteiger partial charge in [0.25, 0.3) is 0 Å². The minimum atomic E-state index is 0.820. The van der Waals surface area contributed by atoms with Crippen molar-refractivity contribution in [1.82, 2.24) is 10.2 Å². The minimum Gasteiger partial charge on any atom is -0.314 e. The van der Waals surface area contributed by atoms with E-state index in [0.29, 0.717) is 0 Å². The fourth-order valence-corrected chi connectivity index (χ4v) is 4.31. The molecule has 0 radical (unpaired) electrons. The van der Waals surface area contributed by atoms with Crippen molar-refractivity contribution in [3.63, 3.8) is 0 Å². The van der Waals surface area contributed by atoms with Crippen molar-refractivity contribution >= 4 is 0 Å². The summed E-state index contributed by atoms with van der Waals surface area (Å²) in [5, 5.41) is 3.61. The molecule has 0 amide bonds. The van der Waals surface area contributed by atoms with Crippen LogP contribution in [0, 0.1) is 5.92 Å². The Hall–Kier alpha value is -0.0800. The van der Waals surface area contributed by atoms with Crippen LogP contribution in [0.25, 0.3) is 0 Å². The van der Waals surface area contributed by atoms with Gasteiger partial charge < -0.3 is 5.32 Å². The quantitative estimate of drug-likeness (QED) is 0.789. The summed E-state index contributed by atoms with van der Waals surface area (Å²) < 4.78 is 0. The van der Waals surface area contributed by atoms with Crippen LogP contribution in [-0.4, -0.2) is 36.1 Å². The van der Waals surface area contributed by atoms with Crippen LogP contribution in [0.5, 0.6) is 0 Å². The standard InChI is InChI=1S/C14H26N2/c1-2-15-12-4-7-13(8-5-12)16-10-11-3-6-14(16)9-11/h11-15H,2-10H2,1H3. The largest absolute Gasteiger partial charge is 0.314 e. The molecule has 16 heavy (non-hydrogen) atoms. The third-order valence-corrected chi connectivity index (χ3v) is 5.11. The molecule has 1 N–H and O–H groups in total. The van der Waals surface area contributed by atoms with Crippen molar-refractivity contribution in [2.75, 3.05) is 13.1 Å². The van der Waals surface area contributed by atoms with Gasteiger partial charge in [-0.1, -0.05) is 6.92 Å². The maximum atomic E-state index is 3.61. The van der Waals surface area contributed by atoms with Crippen LogP contribution in [-0.2, 0) is 0 Å². The van der Waals surface area contributed by atoms with E-state index in [0.717, 1.165) is 30.6 Å². The molecule has 92 valence electrons. The van der Waals surface area contributed by atoms with E-state index in [1.807, 2.05) is 0 Å². The van der Waals surface area contributed by atoms with Gasteiger partial charge in [-0.25, -0.2) is 0 Å². The molecule has 1 saturated heterocycles. The van der Waals surface area contributed by atoms with Crippen molar-refractivity contribution in [3.8, 4) is 0 Å². The first-order chi connectivity index (χ1) is 7.86. The van der Waals surface area contributed by atoms with E-state index in [2.05, 4.69) is 17.1 Å². The Morgan fingerprint density at radius 1 is 1.00 bits per heavy atom. The molecule has 0 aromatic carbocycles. The second-order valence-corrected chi connectivity index (χ2v) is 6.09. The second-order valence-electron chi connectivity index (χ2n) is 6.09. The number of nitrogens with zero attached hydrogens (tertiary/aromatic N) is 1. The summed E-state index contributed by atoms with van der Waals surface area (Å²) >= 11 is 0. The van der Waals surface area contributed by atoms with Gasteiger partial charge in [-0.2, -0.15) is 0 Å². The van der Waals surface area contributed by atoms with Gasteiger partial charge in [0, 0.05) is 24.7 Å². The van der Waals surface area contributed by atoms with Crippen LogP contribution in [0.2, 0.25) is 0 Å². The lowest BCUT2D eigenvalue weighted by Gasteiger charge is -2.39. The zero-order valence-electron chi connectivity index (χ0n) is 10.6. The highest BCUT2D eigenvalue weighted by Crippen LogP contribution is 2.40. The number of likely N-dealkylation sites (tertiary alicyclic amines) is 1. The van der Waals surface area contributed by atoms with Crippen LogP contribution < -0.4 is 5.32 Å². The van der Waals surface area contributed by atoms with Crippen molar-refractivity contribution in [2.24, 2.45) is 5.92 Å². The summed E-state index contributed by atoms with van der Waals surface area (Å²) in [5.74, 6) is 1.07. The lowest BCUT2D eigenvalue weighted by molar-refractivity contribution is 0.109. The number of hydrogen-bond acceptors (Lipinski definition) is 2. The number of fused-ring (bicyclic) bond motifs is 2. The highest BCUT2D eigenvalue weighted by atomic mass is 15.2. The first kappa shape index (κ1) is 11.0. The number of nitrogens with one attached hydrogen (secondary N) is 1. The van der Waals surface area contributed by atoms with E-state index in [4.69, 9.17) is 0 Å². The fraction of sp³-hybridized carbons (Fsp3) is 1.00. The molecule has 1 heterocycles. The first-order valence-electron chi connectivity index (χ1n) is 7.36. The Morgan fingerprint density at radius 3 is 2.31 bits per heavy atom. The van der Waals surface area contributed by atoms with Crippen LogP contribution in [0.15, 0.2) is 0 Å². The molecule has 2 bridgehead atoms. The van der Waals surface area contributed by atoms with Gasteiger partial charge >= 0.3 is 0 Å². The van der Waals surface area contributed by atoms with Gasteiger partial charge in [-0.15, -0.1) is 0 Å². The van der Waals surface area contributed by atoms with E-state index < -0.39 is 0 Å². The summed E-state index contributed by atoms with van der Waals surface area (Å²) in [5.41, 5.74) is 0. The maximum Gasteiger partial charge on any atom is 0.0101 e. The van der Waals surface area contributed by atoms with E-state index in [-0.39, 0.29) is 0 Å². The molecule has 2 heteroatoms. The molecule has 0 spiro atoms. The monoisotopic (exact) mass is 222 g/mol. The Bertz CT molecular complexity index is 233. The average Bonchev–Trinajstić information content (AvgIpc) is 2.92. The molecule has 2 aliphatic carbocycles. The molecule has 3 fully saturated rings. The van der Waals surface area contributed by atoms with Crippen molar-refractivity contribution < 1.29 is 0 Å². The second kappa shape index (κ2) is 4.66. The van der Waals surface area contributed by atoms with Crippen LogP contribution in [0.1, 0.15) is 51.9 Å². The predicted octanol–water partition coefficient (Wildman–Crippen LogP) is 2.39. The Kier molecular flexibility index (Phi) is 3.21. The number of piperidine rings is 1. The van der Waals surface area contributed by atoms with Gasteiger partial charge in [0.15, 0.2) is 0 Å². The summed E-state index contributed by atoms with van der Waals surface area (Å²) in [7, 11) is 0. The third-order valence-electron chi connectivity index (χ3n) is 5.11. The van der Waals surface area contributed by atoms with Crippen LogP contribution >= 0.6 is 0 Å². The lowest BCUT2D eigenvalue weighted by Crippen LogP contribution is -2.45. The highest BCUT2D eigenvalue weighted by molar-refractivity contribution is 4.96. The Labute approximate surface area is 99.8 Å². The predicted molar refractivity (Wildman–Crippen MR) is 67.6 cm³/mol. The number of rotatable bonds is 3. The van der Waals surface area contributed by atoms with Crippen molar-refractivity contribution in [1.29, 1.82) is 0 Å². The maximum absolute atomic E-state index is 3.61. The van der Waals surface area contributed by atoms with E-state index in [1.54, 1.807) is 0 Å². The highest BCUT2D eigenvalue weighted by Gasteiger charge is 2.41. The van der Waals surface area contributed by atoms with E-state index >= 15 is 0 Å². The van der Waals surface area contributed by atoms with E-state index in [1.165, 1.54) is 51.5 Å². The van der Waals surface area contributed by atoms with Gasteiger partial charge in [0.2, 0.25) is 0 Å².